The number of rotatable bonds is 8. The van der Waals surface area contributed by atoms with E-state index in [0.29, 0.717) is 22.5 Å². The summed E-state index contributed by atoms with van der Waals surface area (Å²) in [5.74, 6) is -1.96. The van der Waals surface area contributed by atoms with Gasteiger partial charge in [0.05, 0.1) is 23.2 Å². The molecule has 0 saturated carbocycles. The molecule has 2 aromatic carbocycles. The number of nitrogens with one attached hydrogen (secondary N) is 1. The summed E-state index contributed by atoms with van der Waals surface area (Å²) in [7, 11) is 0. The highest BCUT2D eigenvalue weighted by Gasteiger charge is 2.23. The van der Waals surface area contributed by atoms with Crippen molar-refractivity contribution in [3.63, 3.8) is 0 Å². The quantitative estimate of drug-likeness (QED) is 0.403. The largest absolute Gasteiger partial charge is 0.477 e. The number of primary amides is 1. The van der Waals surface area contributed by atoms with Gasteiger partial charge in [0, 0.05) is 31.4 Å². The van der Waals surface area contributed by atoms with E-state index in [1.165, 1.54) is 22.9 Å². The van der Waals surface area contributed by atoms with Crippen molar-refractivity contribution < 1.29 is 19.8 Å². The number of aromatic nitrogens is 1. The fourth-order valence-electron chi connectivity index (χ4n) is 4.17. The number of anilines is 2. The zero-order chi connectivity index (χ0) is 24.2. The van der Waals surface area contributed by atoms with Gasteiger partial charge in [-0.05, 0) is 42.7 Å². The molecule has 5 N–H and O–H groups in total. The van der Waals surface area contributed by atoms with Gasteiger partial charge in [0.15, 0.2) is 0 Å². The van der Waals surface area contributed by atoms with Crippen LogP contribution in [0.3, 0.4) is 0 Å². The van der Waals surface area contributed by atoms with E-state index in [9.17, 15) is 24.6 Å². The van der Waals surface area contributed by atoms with Crippen LogP contribution in [-0.2, 0) is 0 Å². The summed E-state index contributed by atoms with van der Waals surface area (Å²) in [6.45, 7) is 1.54. The Bertz CT molecular complexity index is 1270. The number of carbonyl (C=O) groups is 2. The van der Waals surface area contributed by atoms with Gasteiger partial charge in [-0.3, -0.25) is 14.2 Å². The second-order valence-electron chi connectivity index (χ2n) is 8.15. The fourth-order valence-corrected chi connectivity index (χ4v) is 4.17. The molecule has 2 heterocycles. The van der Waals surface area contributed by atoms with E-state index in [1.54, 1.807) is 36.4 Å². The molecule has 1 aromatic heterocycles. The first-order valence-electron chi connectivity index (χ1n) is 11.0. The van der Waals surface area contributed by atoms with E-state index in [-0.39, 0.29) is 12.2 Å². The van der Waals surface area contributed by atoms with E-state index in [1.807, 2.05) is 6.07 Å². The Kier molecular flexibility index (Phi) is 6.65. The van der Waals surface area contributed by atoms with Crippen LogP contribution in [0.25, 0.3) is 5.69 Å². The number of nitrogens with two attached hydrogens (primary N) is 1. The molecule has 1 saturated heterocycles. The molecule has 1 amide bonds. The highest BCUT2D eigenvalue weighted by Crippen LogP contribution is 2.29. The van der Waals surface area contributed by atoms with Gasteiger partial charge in [-0.1, -0.05) is 30.3 Å². The van der Waals surface area contributed by atoms with Gasteiger partial charge in [0.1, 0.15) is 5.56 Å². The van der Waals surface area contributed by atoms with Crippen molar-refractivity contribution in [3.8, 4) is 5.69 Å². The van der Waals surface area contributed by atoms with Crippen LogP contribution in [0.1, 0.15) is 45.2 Å². The van der Waals surface area contributed by atoms with Crippen LogP contribution in [0, 0.1) is 0 Å². The van der Waals surface area contributed by atoms with Crippen molar-refractivity contribution in [1.82, 2.24) is 4.57 Å². The Morgan fingerprint density at radius 2 is 1.74 bits per heavy atom. The summed E-state index contributed by atoms with van der Waals surface area (Å²) in [4.78, 5) is 39.1. The Morgan fingerprint density at radius 1 is 1.03 bits per heavy atom. The van der Waals surface area contributed by atoms with E-state index in [0.717, 1.165) is 25.9 Å². The van der Waals surface area contributed by atoms with Crippen LogP contribution in [-0.4, -0.2) is 46.3 Å². The van der Waals surface area contributed by atoms with Gasteiger partial charge in [0.2, 0.25) is 5.91 Å². The molecule has 34 heavy (non-hydrogen) atoms. The number of amides is 1. The maximum atomic E-state index is 13.3. The molecule has 0 radical (unpaired) electrons. The maximum Gasteiger partial charge on any atom is 0.343 e. The van der Waals surface area contributed by atoms with Crippen LogP contribution >= 0.6 is 0 Å². The summed E-state index contributed by atoms with van der Waals surface area (Å²) in [6.07, 6.45) is 2.56. The highest BCUT2D eigenvalue weighted by atomic mass is 16.4. The van der Waals surface area contributed by atoms with Crippen molar-refractivity contribution in [2.24, 2.45) is 5.73 Å². The molecule has 3 aromatic rings. The van der Waals surface area contributed by atoms with Gasteiger partial charge < -0.3 is 26.2 Å². The first-order chi connectivity index (χ1) is 16.4. The lowest BCUT2D eigenvalue weighted by Gasteiger charge is -2.23. The monoisotopic (exact) mass is 462 g/mol. The van der Waals surface area contributed by atoms with Crippen LogP contribution in [0.15, 0.2) is 65.6 Å². The SMILES string of the molecule is NC(=O)c1ccc(-n2ccc(NC[C@H](O)c3ccccc3)c(C(=O)O)c2=O)c(N2CCCC2)c1. The number of hydrogen-bond donors (Lipinski definition) is 4. The number of carboxylic acids is 1. The van der Waals surface area contributed by atoms with Crippen LogP contribution in [0.5, 0.6) is 0 Å². The standard InChI is InChI=1S/C25H26N4O5/c26-23(31)17-8-9-19(20(14-17)28-11-4-5-12-28)29-13-10-18(22(24(29)32)25(33)34)27-15-21(30)16-6-2-1-3-7-16/h1-3,6-10,13-14,21,27,30H,4-5,11-12,15H2,(H2,26,31)(H,33,34)/t21-/m0/s1. The first-order valence-corrected chi connectivity index (χ1v) is 11.0. The fraction of sp³-hybridized carbons (Fsp3) is 0.240. The van der Waals surface area contributed by atoms with Gasteiger partial charge in [-0.2, -0.15) is 0 Å². The number of carbonyl (C=O) groups excluding carboxylic acids is 1. The smallest absolute Gasteiger partial charge is 0.343 e. The molecule has 1 aliphatic heterocycles. The number of benzene rings is 2. The average Bonchev–Trinajstić information content (AvgIpc) is 3.37. The Morgan fingerprint density at radius 3 is 2.38 bits per heavy atom. The molecule has 0 unspecified atom stereocenters. The minimum Gasteiger partial charge on any atom is -0.477 e. The molecule has 0 spiro atoms. The predicted octanol–water partition coefficient (Wildman–Crippen LogP) is 2.38. The molecular formula is C25H26N4O5. The lowest BCUT2D eigenvalue weighted by atomic mass is 10.1. The minimum atomic E-state index is -1.38. The molecule has 9 nitrogen and oxygen atoms in total. The van der Waals surface area contributed by atoms with Gasteiger partial charge in [-0.25, -0.2) is 4.79 Å². The Hall–Kier alpha value is -4.11. The third-order valence-corrected chi connectivity index (χ3v) is 5.94. The van der Waals surface area contributed by atoms with Crippen LogP contribution in [0.2, 0.25) is 0 Å². The summed E-state index contributed by atoms with van der Waals surface area (Å²) in [5, 5.41) is 23.1. The predicted molar refractivity (Wildman–Crippen MR) is 129 cm³/mol. The van der Waals surface area contributed by atoms with E-state index in [2.05, 4.69) is 10.2 Å². The second-order valence-corrected chi connectivity index (χ2v) is 8.15. The topological polar surface area (TPSA) is 138 Å². The number of carboxylic acid groups (broad SMARTS) is 1. The lowest BCUT2D eigenvalue weighted by molar-refractivity contribution is 0.0695. The van der Waals surface area contributed by atoms with Gasteiger partial charge >= 0.3 is 5.97 Å². The molecule has 4 rings (SSSR count). The van der Waals surface area contributed by atoms with Crippen molar-refractivity contribution in [1.29, 1.82) is 0 Å². The van der Waals surface area contributed by atoms with E-state index >= 15 is 0 Å². The number of pyridine rings is 1. The van der Waals surface area contributed by atoms with Gasteiger partial charge in [-0.15, -0.1) is 0 Å². The summed E-state index contributed by atoms with van der Waals surface area (Å²) in [5.41, 5.74) is 6.50. The molecule has 1 atom stereocenters. The molecule has 1 aliphatic rings. The summed E-state index contributed by atoms with van der Waals surface area (Å²) >= 11 is 0. The number of aliphatic hydroxyl groups excluding tert-OH is 1. The molecule has 0 aliphatic carbocycles. The maximum absolute atomic E-state index is 13.3. The zero-order valence-electron chi connectivity index (χ0n) is 18.5. The van der Waals surface area contributed by atoms with Crippen molar-refractivity contribution in [2.45, 2.75) is 18.9 Å². The van der Waals surface area contributed by atoms with Crippen molar-refractivity contribution >= 4 is 23.3 Å². The third-order valence-electron chi connectivity index (χ3n) is 5.94. The van der Waals surface area contributed by atoms with E-state index < -0.39 is 29.1 Å². The first kappa shape index (κ1) is 23.1. The van der Waals surface area contributed by atoms with Crippen molar-refractivity contribution in [3.05, 3.63) is 87.8 Å². The minimum absolute atomic E-state index is 0.0279. The summed E-state index contributed by atoms with van der Waals surface area (Å²) in [6, 6.07) is 15.2. The molecule has 0 bridgehead atoms. The number of aliphatic hydroxyl groups is 1. The number of aromatic carboxylic acids is 1. The third kappa shape index (κ3) is 4.65. The Balaban J connectivity index is 1.72. The van der Waals surface area contributed by atoms with Crippen LogP contribution < -0.4 is 21.5 Å². The molecular weight excluding hydrogens is 436 g/mol. The van der Waals surface area contributed by atoms with Gasteiger partial charge in [0.25, 0.3) is 5.56 Å². The molecule has 9 heteroatoms. The molecule has 176 valence electrons. The highest BCUT2D eigenvalue weighted by molar-refractivity contribution is 5.95. The summed E-state index contributed by atoms with van der Waals surface area (Å²) < 4.78 is 1.26. The second kappa shape index (κ2) is 9.80. The number of hydrogen-bond acceptors (Lipinski definition) is 6. The van der Waals surface area contributed by atoms with Crippen molar-refractivity contribution in [2.75, 3.05) is 29.9 Å². The van der Waals surface area contributed by atoms with Crippen LogP contribution in [0.4, 0.5) is 11.4 Å². The number of nitrogens with zero attached hydrogens (tertiary/aromatic N) is 2. The normalized spacial score (nSPS) is 14.1. The Labute approximate surface area is 196 Å². The average molecular weight is 463 g/mol. The lowest BCUT2D eigenvalue weighted by Crippen LogP contribution is -2.29. The zero-order valence-corrected chi connectivity index (χ0v) is 18.5. The van der Waals surface area contributed by atoms with E-state index in [4.69, 9.17) is 5.73 Å². The molecule has 1 fully saturated rings.